The van der Waals surface area contributed by atoms with E-state index in [1.807, 2.05) is 0 Å². The minimum Gasteiger partial charge on any atom is -0.225 e. The summed E-state index contributed by atoms with van der Waals surface area (Å²) in [5, 5.41) is 0. The van der Waals surface area contributed by atoms with Gasteiger partial charge < -0.3 is 0 Å². The molecule has 0 saturated carbocycles. The number of hydrogen-bond acceptors (Lipinski definition) is 4. The highest BCUT2D eigenvalue weighted by atomic mass is 15.0. The number of nitrogens with zero attached hydrogens (tertiary/aromatic N) is 4. The van der Waals surface area contributed by atoms with E-state index in [9.17, 15) is 0 Å². The van der Waals surface area contributed by atoms with Crippen molar-refractivity contribution in [1.29, 1.82) is 0 Å². The molecule has 0 aromatic carbocycles. The second-order valence-corrected chi connectivity index (χ2v) is 1.06. The van der Waals surface area contributed by atoms with Gasteiger partial charge in [0.2, 0.25) is 0 Å². The van der Waals surface area contributed by atoms with E-state index in [-0.39, 0.29) is 0 Å². The Labute approximate surface area is 46.4 Å². The number of aliphatic imine (C=N–C) groups is 4. The largest absolute Gasteiger partial charge is 0.225 e. The van der Waals surface area contributed by atoms with Crippen molar-refractivity contribution in [2.75, 3.05) is 0 Å². The topological polar surface area (TPSA) is 49.4 Å². The number of hydrogen-bond donors (Lipinski definition) is 0. The molecule has 4 heteroatoms. The molecule has 0 bridgehead atoms. The van der Waals surface area contributed by atoms with Crippen LogP contribution in [-0.4, -0.2) is 25.4 Å². The first kappa shape index (κ1) is 4.83. The monoisotopic (exact) mass is 108 g/mol. The van der Waals surface area contributed by atoms with Gasteiger partial charge in [0.15, 0.2) is 0 Å². The van der Waals surface area contributed by atoms with Gasteiger partial charge in [-0.15, -0.1) is 0 Å². The molecule has 0 spiro atoms. The Bertz CT molecular complexity index is 109. The van der Waals surface area contributed by atoms with E-state index in [0.29, 0.717) is 0 Å². The summed E-state index contributed by atoms with van der Waals surface area (Å²) in [4.78, 5) is 14.5. The van der Waals surface area contributed by atoms with E-state index in [1.165, 1.54) is 25.4 Å². The fourth-order valence-corrected chi connectivity index (χ4v) is 0.273. The molecule has 8 heavy (non-hydrogen) atoms. The summed E-state index contributed by atoms with van der Waals surface area (Å²) >= 11 is 0. The molecule has 0 atom stereocenters. The van der Waals surface area contributed by atoms with Gasteiger partial charge in [-0.05, 0) is 0 Å². The molecule has 0 unspecified atom stereocenters. The first-order chi connectivity index (χ1) is 4.00. The van der Waals surface area contributed by atoms with Crippen molar-refractivity contribution >= 4 is 25.4 Å². The predicted octanol–water partition coefficient (Wildman–Crippen LogP) is 0.113. The summed E-state index contributed by atoms with van der Waals surface area (Å²) in [6.45, 7) is 0. The summed E-state index contributed by atoms with van der Waals surface area (Å²) in [5.74, 6) is 0. The zero-order chi connectivity index (χ0) is 5.66. The average Bonchev–Trinajstić information content (AvgIpc) is 1.62. The Hall–Kier alpha value is -1.32. The molecule has 1 rings (SSSR count). The molecular weight excluding hydrogens is 104 g/mol. The Balaban J connectivity index is 2.67. The molecule has 0 aliphatic carbocycles. The Morgan fingerprint density at radius 2 is 0.750 bits per heavy atom. The fourth-order valence-electron chi connectivity index (χ4n) is 0.273. The maximum atomic E-state index is 3.62. The van der Waals surface area contributed by atoms with Crippen LogP contribution in [0.15, 0.2) is 20.0 Å². The highest BCUT2D eigenvalue weighted by molar-refractivity contribution is 5.86. The Kier molecular flexibility index (Phi) is 1.68. The quantitative estimate of drug-likeness (QED) is 0.423. The van der Waals surface area contributed by atoms with E-state index >= 15 is 0 Å². The molecule has 0 aromatic rings. The average molecular weight is 108 g/mol. The van der Waals surface area contributed by atoms with Crippen molar-refractivity contribution in [3.05, 3.63) is 0 Å². The zero-order valence-corrected chi connectivity index (χ0v) is 4.10. The van der Waals surface area contributed by atoms with Crippen molar-refractivity contribution in [1.82, 2.24) is 0 Å². The lowest BCUT2D eigenvalue weighted by Gasteiger charge is -1.77. The third kappa shape index (κ3) is 1.42. The van der Waals surface area contributed by atoms with E-state index in [4.69, 9.17) is 0 Å². The Morgan fingerprint density at radius 1 is 0.500 bits per heavy atom. The normalized spacial score (nSPS) is 16.0. The molecule has 0 aromatic heterocycles. The second kappa shape index (κ2) is 2.79. The van der Waals surface area contributed by atoms with Crippen LogP contribution in [0.4, 0.5) is 0 Å². The lowest BCUT2D eigenvalue weighted by molar-refractivity contribution is 1.58. The standard InChI is InChI=1S/C4H4N4/c1-5-2-7-4-8-3-6-1/h1-4H. The Morgan fingerprint density at radius 3 is 1.00 bits per heavy atom. The van der Waals surface area contributed by atoms with Crippen LogP contribution < -0.4 is 0 Å². The molecule has 1 aliphatic heterocycles. The van der Waals surface area contributed by atoms with Crippen LogP contribution in [-0.2, 0) is 0 Å². The van der Waals surface area contributed by atoms with Crippen LogP contribution in [0.1, 0.15) is 0 Å². The maximum Gasteiger partial charge on any atom is 0.119 e. The summed E-state index contributed by atoms with van der Waals surface area (Å²) in [6, 6.07) is 0. The van der Waals surface area contributed by atoms with Gasteiger partial charge >= 0.3 is 0 Å². The first-order valence-electron chi connectivity index (χ1n) is 2.07. The summed E-state index contributed by atoms with van der Waals surface area (Å²) in [7, 11) is 0. The SMILES string of the molecule is C1=NC=NC=NC=N1. The van der Waals surface area contributed by atoms with Gasteiger partial charge in [-0.2, -0.15) is 0 Å². The molecule has 1 heterocycles. The van der Waals surface area contributed by atoms with Crippen LogP contribution in [0.2, 0.25) is 0 Å². The molecule has 4 nitrogen and oxygen atoms in total. The smallest absolute Gasteiger partial charge is 0.119 e. The summed E-state index contributed by atoms with van der Waals surface area (Å²) < 4.78 is 0. The van der Waals surface area contributed by atoms with E-state index < -0.39 is 0 Å². The minimum atomic E-state index is 1.38. The summed E-state index contributed by atoms with van der Waals surface area (Å²) in [6.07, 6.45) is 5.50. The van der Waals surface area contributed by atoms with Crippen LogP contribution in [0.3, 0.4) is 0 Å². The van der Waals surface area contributed by atoms with Crippen LogP contribution in [0, 0.1) is 0 Å². The van der Waals surface area contributed by atoms with E-state index in [1.54, 1.807) is 0 Å². The molecule has 0 radical (unpaired) electrons. The van der Waals surface area contributed by atoms with Gasteiger partial charge in [-0.1, -0.05) is 0 Å². The van der Waals surface area contributed by atoms with Crippen LogP contribution >= 0.6 is 0 Å². The lowest BCUT2D eigenvalue weighted by atomic mass is 11.0. The van der Waals surface area contributed by atoms with Crippen molar-refractivity contribution in [3.63, 3.8) is 0 Å². The van der Waals surface area contributed by atoms with Crippen molar-refractivity contribution in [2.24, 2.45) is 20.0 Å². The predicted molar refractivity (Wildman–Crippen MR) is 34.0 cm³/mol. The molecule has 0 amide bonds. The second-order valence-electron chi connectivity index (χ2n) is 1.06. The third-order valence-corrected chi connectivity index (χ3v) is 0.533. The molecular formula is C4H4N4. The molecule has 0 N–H and O–H groups in total. The van der Waals surface area contributed by atoms with E-state index in [0.717, 1.165) is 0 Å². The molecule has 0 saturated heterocycles. The van der Waals surface area contributed by atoms with Gasteiger partial charge in [0.25, 0.3) is 0 Å². The van der Waals surface area contributed by atoms with Gasteiger partial charge in [0.05, 0.1) is 0 Å². The zero-order valence-electron chi connectivity index (χ0n) is 4.10. The van der Waals surface area contributed by atoms with Crippen molar-refractivity contribution < 1.29 is 0 Å². The van der Waals surface area contributed by atoms with Gasteiger partial charge in [-0.25, -0.2) is 20.0 Å². The summed E-state index contributed by atoms with van der Waals surface area (Å²) in [5.41, 5.74) is 0. The first-order valence-corrected chi connectivity index (χ1v) is 2.07. The molecule has 40 valence electrons. The fraction of sp³-hybridized carbons (Fsp3) is 0. The minimum absolute atomic E-state index is 1.38. The lowest BCUT2D eigenvalue weighted by Crippen LogP contribution is -1.77. The van der Waals surface area contributed by atoms with Crippen LogP contribution in [0.5, 0.6) is 0 Å². The highest BCUT2D eigenvalue weighted by Crippen LogP contribution is 1.68. The van der Waals surface area contributed by atoms with Crippen molar-refractivity contribution in [3.8, 4) is 0 Å². The maximum absolute atomic E-state index is 3.62. The van der Waals surface area contributed by atoms with Gasteiger partial charge in [0, 0.05) is 0 Å². The molecule has 1 aliphatic rings. The highest BCUT2D eigenvalue weighted by Gasteiger charge is 1.67. The van der Waals surface area contributed by atoms with Crippen molar-refractivity contribution in [2.45, 2.75) is 0 Å². The van der Waals surface area contributed by atoms with Crippen LogP contribution in [0.25, 0.3) is 0 Å². The van der Waals surface area contributed by atoms with Gasteiger partial charge in [0.1, 0.15) is 25.4 Å². The third-order valence-electron chi connectivity index (χ3n) is 0.533. The molecule has 0 fully saturated rings. The van der Waals surface area contributed by atoms with Gasteiger partial charge in [-0.3, -0.25) is 0 Å². The number of rotatable bonds is 0. The van der Waals surface area contributed by atoms with E-state index in [2.05, 4.69) is 20.0 Å².